The summed E-state index contributed by atoms with van der Waals surface area (Å²) < 4.78 is 53.0. The fourth-order valence-electron chi connectivity index (χ4n) is 4.76. The van der Waals surface area contributed by atoms with Gasteiger partial charge >= 0.3 is 6.18 Å². The molecule has 0 radical (unpaired) electrons. The number of aromatic nitrogens is 3. The highest BCUT2D eigenvalue weighted by Crippen LogP contribution is 2.36. The van der Waals surface area contributed by atoms with E-state index in [0.717, 1.165) is 37.1 Å². The quantitative estimate of drug-likeness (QED) is 0.230. The number of halogens is 3. The van der Waals surface area contributed by atoms with Gasteiger partial charge in [0.05, 0.1) is 16.8 Å². The number of ether oxygens (including phenoxy) is 2. The van der Waals surface area contributed by atoms with Gasteiger partial charge in [0.2, 0.25) is 11.8 Å². The standard InChI is InChI=1S/C31H31F3N6O3/c1-19-8-9-20(14-27(19)43-29-25(7-4-11-36-29)26-10-12-37-30(35-2)39-26)28(41)38-22-15-21(31(32,33)34)16-24(17-22)42-18-23-6-5-13-40(23)3/h4,7-12,14-17,23H,5-6,13,18H2,1-3H3,(H,38,41)(H,35,37,39)/t23-/m1/s1. The van der Waals surface area contributed by atoms with Gasteiger partial charge in [0.1, 0.15) is 18.1 Å². The molecular formula is C31H31F3N6O3. The van der Waals surface area contributed by atoms with Crippen molar-refractivity contribution in [1.82, 2.24) is 19.9 Å². The monoisotopic (exact) mass is 592 g/mol. The first kappa shape index (κ1) is 29.8. The highest BCUT2D eigenvalue weighted by molar-refractivity contribution is 6.04. The van der Waals surface area contributed by atoms with E-state index in [1.54, 1.807) is 49.8 Å². The van der Waals surface area contributed by atoms with E-state index in [4.69, 9.17) is 9.47 Å². The van der Waals surface area contributed by atoms with Crippen LogP contribution in [0.2, 0.25) is 0 Å². The van der Waals surface area contributed by atoms with Crippen LogP contribution in [-0.2, 0) is 6.18 Å². The van der Waals surface area contributed by atoms with Crippen molar-refractivity contribution in [3.05, 3.63) is 83.7 Å². The summed E-state index contributed by atoms with van der Waals surface area (Å²) in [6.45, 7) is 2.98. The lowest BCUT2D eigenvalue weighted by molar-refractivity contribution is -0.137. The Labute approximate surface area is 247 Å². The fraction of sp³-hybridized carbons (Fsp3) is 0.290. The number of anilines is 2. The molecule has 0 saturated carbocycles. The predicted molar refractivity (Wildman–Crippen MR) is 157 cm³/mol. The molecule has 0 bridgehead atoms. The fourth-order valence-corrected chi connectivity index (χ4v) is 4.76. The Bertz CT molecular complexity index is 1610. The highest BCUT2D eigenvalue weighted by atomic mass is 19.4. The van der Waals surface area contributed by atoms with Crippen molar-refractivity contribution in [3.63, 3.8) is 0 Å². The maximum Gasteiger partial charge on any atom is 0.416 e. The number of carbonyl (C=O) groups excluding carboxylic acids is 1. The SMILES string of the molecule is CNc1nccc(-c2cccnc2Oc2cc(C(=O)Nc3cc(OC[C@H]4CCCN4C)cc(C(F)(F)F)c3)ccc2C)n1. The van der Waals surface area contributed by atoms with Gasteiger partial charge in [0, 0.05) is 42.8 Å². The van der Waals surface area contributed by atoms with Crippen LogP contribution in [0.15, 0.2) is 67.0 Å². The maximum atomic E-state index is 13.7. The van der Waals surface area contributed by atoms with E-state index in [1.165, 1.54) is 12.1 Å². The van der Waals surface area contributed by atoms with Crippen molar-refractivity contribution in [2.45, 2.75) is 32.0 Å². The Morgan fingerprint density at radius 2 is 1.93 bits per heavy atom. The van der Waals surface area contributed by atoms with E-state index in [0.29, 0.717) is 23.0 Å². The lowest BCUT2D eigenvalue weighted by Gasteiger charge is -2.20. The third-order valence-electron chi connectivity index (χ3n) is 7.19. The Kier molecular flexibility index (Phi) is 8.76. The molecule has 1 aliphatic heterocycles. The lowest BCUT2D eigenvalue weighted by atomic mass is 10.1. The number of benzene rings is 2. The number of nitrogens with zero attached hydrogens (tertiary/aromatic N) is 4. The van der Waals surface area contributed by atoms with Crippen molar-refractivity contribution in [2.75, 3.05) is 37.9 Å². The summed E-state index contributed by atoms with van der Waals surface area (Å²) in [5, 5.41) is 5.48. The normalized spacial score (nSPS) is 15.3. The summed E-state index contributed by atoms with van der Waals surface area (Å²) >= 11 is 0. The van der Waals surface area contributed by atoms with Gasteiger partial charge in [-0.1, -0.05) is 6.07 Å². The molecule has 0 aliphatic carbocycles. The first-order valence-electron chi connectivity index (χ1n) is 13.7. The van der Waals surface area contributed by atoms with Crippen molar-refractivity contribution >= 4 is 17.5 Å². The van der Waals surface area contributed by atoms with Gasteiger partial charge in [0.25, 0.3) is 5.91 Å². The predicted octanol–water partition coefficient (Wildman–Crippen LogP) is 6.43. The van der Waals surface area contributed by atoms with Crippen LogP contribution in [0.4, 0.5) is 24.8 Å². The van der Waals surface area contributed by atoms with E-state index in [1.807, 2.05) is 14.0 Å². The molecule has 2 aromatic heterocycles. The number of aryl methyl sites for hydroxylation is 1. The second-order valence-electron chi connectivity index (χ2n) is 10.2. The van der Waals surface area contributed by atoms with E-state index < -0.39 is 17.6 Å². The number of nitrogens with one attached hydrogen (secondary N) is 2. The van der Waals surface area contributed by atoms with Gasteiger partial charge in [-0.2, -0.15) is 13.2 Å². The third-order valence-corrected chi connectivity index (χ3v) is 7.19. The summed E-state index contributed by atoms with van der Waals surface area (Å²) in [5.41, 5.74) is 1.14. The van der Waals surface area contributed by atoms with Crippen LogP contribution in [0.25, 0.3) is 11.3 Å². The number of pyridine rings is 1. The van der Waals surface area contributed by atoms with Gasteiger partial charge in [-0.15, -0.1) is 0 Å². The topological polar surface area (TPSA) is 102 Å². The van der Waals surface area contributed by atoms with Crippen LogP contribution < -0.4 is 20.1 Å². The summed E-state index contributed by atoms with van der Waals surface area (Å²) in [7, 11) is 3.67. The smallest absolute Gasteiger partial charge is 0.416 e. The first-order chi connectivity index (χ1) is 20.6. The molecule has 5 rings (SSSR count). The zero-order valence-electron chi connectivity index (χ0n) is 23.9. The second kappa shape index (κ2) is 12.7. The number of likely N-dealkylation sites (N-methyl/N-ethyl adjacent to an activating group) is 1. The number of hydrogen-bond acceptors (Lipinski definition) is 8. The molecule has 0 unspecified atom stereocenters. The average Bonchev–Trinajstić information content (AvgIpc) is 3.41. The van der Waals surface area contributed by atoms with Crippen molar-refractivity contribution in [3.8, 4) is 28.6 Å². The van der Waals surface area contributed by atoms with Crippen molar-refractivity contribution < 1.29 is 27.4 Å². The molecule has 224 valence electrons. The zero-order valence-corrected chi connectivity index (χ0v) is 23.9. The molecular weight excluding hydrogens is 561 g/mol. The van der Waals surface area contributed by atoms with Crippen LogP contribution in [0.3, 0.4) is 0 Å². The molecule has 12 heteroatoms. The third kappa shape index (κ3) is 7.20. The van der Waals surface area contributed by atoms with Gasteiger partial charge in [-0.3, -0.25) is 4.79 Å². The average molecular weight is 593 g/mol. The van der Waals surface area contributed by atoms with Crippen molar-refractivity contribution in [2.24, 2.45) is 0 Å². The first-order valence-corrected chi connectivity index (χ1v) is 13.7. The van der Waals surface area contributed by atoms with E-state index in [-0.39, 0.29) is 35.5 Å². The summed E-state index contributed by atoms with van der Waals surface area (Å²) in [5.74, 6) is 0.463. The molecule has 1 amide bonds. The Hall–Kier alpha value is -4.71. The number of rotatable bonds is 9. The number of likely N-dealkylation sites (tertiary alicyclic amines) is 1. The molecule has 2 N–H and O–H groups in total. The number of amides is 1. The lowest BCUT2D eigenvalue weighted by Crippen LogP contribution is -2.30. The Morgan fingerprint density at radius 3 is 2.67 bits per heavy atom. The molecule has 9 nitrogen and oxygen atoms in total. The van der Waals surface area contributed by atoms with E-state index >= 15 is 0 Å². The Balaban J connectivity index is 1.37. The van der Waals surface area contributed by atoms with Gasteiger partial charge in [0.15, 0.2) is 0 Å². The minimum Gasteiger partial charge on any atom is -0.492 e. The molecule has 1 fully saturated rings. The highest BCUT2D eigenvalue weighted by Gasteiger charge is 2.32. The molecule has 1 aliphatic rings. The molecule has 1 atom stereocenters. The van der Waals surface area contributed by atoms with Gasteiger partial charge in [-0.25, -0.2) is 15.0 Å². The Morgan fingerprint density at radius 1 is 1.09 bits per heavy atom. The summed E-state index contributed by atoms with van der Waals surface area (Å²) in [4.78, 5) is 28.3. The molecule has 4 aromatic rings. The van der Waals surface area contributed by atoms with Crippen molar-refractivity contribution in [1.29, 1.82) is 0 Å². The molecule has 2 aromatic carbocycles. The van der Waals surface area contributed by atoms with Crippen LogP contribution in [0.5, 0.6) is 17.4 Å². The van der Waals surface area contributed by atoms with E-state index in [9.17, 15) is 18.0 Å². The molecule has 1 saturated heterocycles. The number of hydrogen-bond donors (Lipinski definition) is 2. The van der Waals surface area contributed by atoms with Gasteiger partial charge < -0.3 is 25.0 Å². The van der Waals surface area contributed by atoms with Crippen LogP contribution in [0.1, 0.15) is 34.3 Å². The molecule has 43 heavy (non-hydrogen) atoms. The van der Waals surface area contributed by atoms with Crippen LogP contribution in [-0.4, -0.2) is 59.0 Å². The minimum atomic E-state index is -4.62. The number of carbonyl (C=O) groups is 1. The summed E-state index contributed by atoms with van der Waals surface area (Å²) in [6, 6.07) is 13.4. The second-order valence-corrected chi connectivity index (χ2v) is 10.2. The maximum absolute atomic E-state index is 13.7. The van der Waals surface area contributed by atoms with Crippen LogP contribution >= 0.6 is 0 Å². The van der Waals surface area contributed by atoms with Crippen LogP contribution in [0, 0.1) is 6.92 Å². The molecule has 0 spiro atoms. The van der Waals surface area contributed by atoms with E-state index in [2.05, 4.69) is 30.5 Å². The zero-order chi connectivity index (χ0) is 30.6. The largest absolute Gasteiger partial charge is 0.492 e. The molecule has 3 heterocycles. The minimum absolute atomic E-state index is 0.0336. The van der Waals surface area contributed by atoms with Gasteiger partial charge in [-0.05, 0) is 81.4 Å². The number of alkyl halides is 3. The summed E-state index contributed by atoms with van der Waals surface area (Å²) in [6.07, 6.45) is 0.483.